The fourth-order valence-electron chi connectivity index (χ4n) is 5.34. The number of amides is 1. The first-order valence-electron chi connectivity index (χ1n) is 15.1. The minimum atomic E-state index is -1.47. The molecule has 13 heteroatoms. The predicted molar refractivity (Wildman–Crippen MR) is 172 cm³/mol. The number of nitrogens with zero attached hydrogens (tertiary/aromatic N) is 4. The van der Waals surface area contributed by atoms with Crippen molar-refractivity contribution in [1.29, 1.82) is 0 Å². The lowest BCUT2D eigenvalue weighted by Gasteiger charge is -2.34. The van der Waals surface area contributed by atoms with Gasteiger partial charge in [0.05, 0.1) is 24.1 Å². The van der Waals surface area contributed by atoms with Crippen LogP contribution in [0.4, 0.5) is 32.8 Å². The summed E-state index contributed by atoms with van der Waals surface area (Å²) in [6.45, 7) is 14.0. The number of ether oxygens (including phenoxy) is 1. The van der Waals surface area contributed by atoms with E-state index in [1.165, 1.54) is 45.1 Å². The second kappa shape index (κ2) is 14.5. The molecule has 1 aromatic carbocycles. The Hall–Kier alpha value is -4.20. The standard InChI is InChI=1S/C25H28FN7O3.C6H14N2/c1-15-19(13-29-25-22(15)28-14-20(26)36-25)31-18-7-8-27-23(34)21(18)24(35)30-16-3-5-17(6-4-16)33-11-9-32(2)10-12-33;1-2-8-5-3-7-4-6-8/h3-8,13,20,28H,9-12,14H2,1-2H3,(H,30,35)(H2,27,31,34);7H,2-6H2,1H3. The van der Waals surface area contributed by atoms with E-state index < -0.39 is 17.8 Å². The third-order valence-electron chi connectivity index (χ3n) is 8.09. The fraction of sp³-hybridized carbons (Fsp3) is 0.452. The van der Waals surface area contributed by atoms with Crippen LogP contribution in [0.3, 0.4) is 0 Å². The number of aromatic amines is 1. The van der Waals surface area contributed by atoms with E-state index in [0.717, 1.165) is 37.4 Å². The highest BCUT2D eigenvalue weighted by atomic mass is 19.1. The lowest BCUT2D eigenvalue weighted by molar-refractivity contribution is 0.0688. The summed E-state index contributed by atoms with van der Waals surface area (Å²) < 4.78 is 18.6. The van der Waals surface area contributed by atoms with Gasteiger partial charge in [-0.25, -0.2) is 4.98 Å². The van der Waals surface area contributed by atoms with E-state index in [-0.39, 0.29) is 18.0 Å². The molecule has 5 heterocycles. The largest absolute Gasteiger partial charge is 0.440 e. The SMILES string of the molecule is CCN1CCNCC1.Cc1c(Nc2cc[nH]c(=O)c2C(=O)Nc2ccc(N3CCN(C)CC3)cc2)cnc2c1NCC(F)O2. The molecule has 0 spiro atoms. The van der Waals surface area contributed by atoms with E-state index in [2.05, 4.69) is 59.9 Å². The molecule has 44 heavy (non-hydrogen) atoms. The Bertz CT molecular complexity index is 1470. The smallest absolute Gasteiger partial charge is 0.263 e. The zero-order chi connectivity index (χ0) is 31.1. The van der Waals surface area contributed by atoms with Crippen LogP contribution in [-0.2, 0) is 0 Å². The molecule has 3 aliphatic rings. The number of nitrogens with one attached hydrogen (secondary N) is 5. The summed E-state index contributed by atoms with van der Waals surface area (Å²) in [5.41, 5.74) is 3.23. The Morgan fingerprint density at radius 1 is 1.07 bits per heavy atom. The molecule has 1 amide bonds. The Morgan fingerprint density at radius 3 is 2.48 bits per heavy atom. The molecule has 6 rings (SSSR count). The summed E-state index contributed by atoms with van der Waals surface area (Å²) in [6, 6.07) is 9.20. The van der Waals surface area contributed by atoms with E-state index in [4.69, 9.17) is 4.74 Å². The van der Waals surface area contributed by atoms with E-state index in [0.29, 0.717) is 22.7 Å². The van der Waals surface area contributed by atoms with E-state index in [9.17, 15) is 14.0 Å². The normalized spacial score (nSPS) is 18.6. The van der Waals surface area contributed by atoms with Crippen LogP contribution < -0.4 is 36.5 Å². The van der Waals surface area contributed by atoms with Gasteiger partial charge in [-0.3, -0.25) is 9.59 Å². The number of piperazine rings is 2. The molecule has 3 aliphatic heterocycles. The second-order valence-electron chi connectivity index (χ2n) is 11.1. The molecule has 2 saturated heterocycles. The molecule has 236 valence electrons. The Kier molecular flexibility index (Phi) is 10.3. The number of hydrogen-bond donors (Lipinski definition) is 5. The Labute approximate surface area is 257 Å². The summed E-state index contributed by atoms with van der Waals surface area (Å²) >= 11 is 0. The van der Waals surface area contributed by atoms with Gasteiger partial charge >= 0.3 is 0 Å². The number of alkyl halides is 1. The Morgan fingerprint density at radius 2 is 1.80 bits per heavy atom. The number of carbonyl (C=O) groups excluding carboxylic acids is 1. The van der Waals surface area contributed by atoms with Crippen LogP contribution in [0.5, 0.6) is 5.88 Å². The van der Waals surface area contributed by atoms with Crippen LogP contribution in [0.25, 0.3) is 0 Å². The number of H-pyrrole nitrogens is 1. The number of anilines is 5. The van der Waals surface area contributed by atoms with Crippen LogP contribution in [0, 0.1) is 6.92 Å². The third-order valence-corrected chi connectivity index (χ3v) is 8.09. The maximum atomic E-state index is 13.5. The highest BCUT2D eigenvalue weighted by molar-refractivity contribution is 6.08. The van der Waals surface area contributed by atoms with Crippen LogP contribution >= 0.6 is 0 Å². The van der Waals surface area contributed by atoms with Crippen molar-refractivity contribution in [2.75, 3.05) is 93.3 Å². The quantitative estimate of drug-likeness (QED) is 0.285. The van der Waals surface area contributed by atoms with Crippen molar-refractivity contribution in [3.05, 3.63) is 64.2 Å². The van der Waals surface area contributed by atoms with Crippen molar-refractivity contribution >= 4 is 34.3 Å². The average Bonchev–Trinajstić information content (AvgIpc) is 3.04. The van der Waals surface area contributed by atoms with Crippen molar-refractivity contribution in [3.8, 4) is 5.88 Å². The lowest BCUT2D eigenvalue weighted by atomic mass is 10.1. The second-order valence-corrected chi connectivity index (χ2v) is 11.1. The summed E-state index contributed by atoms with van der Waals surface area (Å²) in [7, 11) is 2.11. The molecule has 0 bridgehead atoms. The van der Waals surface area contributed by atoms with Gasteiger partial charge in [-0.1, -0.05) is 6.92 Å². The van der Waals surface area contributed by atoms with Gasteiger partial charge in [0.1, 0.15) is 11.3 Å². The number of pyridine rings is 2. The van der Waals surface area contributed by atoms with Gasteiger partial charge in [0.15, 0.2) is 0 Å². The maximum absolute atomic E-state index is 13.5. The van der Waals surface area contributed by atoms with Crippen LogP contribution in [0.15, 0.2) is 47.5 Å². The fourth-order valence-corrected chi connectivity index (χ4v) is 5.34. The van der Waals surface area contributed by atoms with Gasteiger partial charge in [-0.15, -0.1) is 0 Å². The molecule has 2 fully saturated rings. The van der Waals surface area contributed by atoms with Crippen molar-refractivity contribution in [3.63, 3.8) is 0 Å². The molecule has 1 unspecified atom stereocenters. The van der Waals surface area contributed by atoms with Crippen molar-refractivity contribution in [2.45, 2.75) is 20.2 Å². The molecular formula is C31H42FN9O3. The van der Waals surface area contributed by atoms with E-state index in [1.807, 2.05) is 31.2 Å². The summed E-state index contributed by atoms with van der Waals surface area (Å²) in [5.74, 6) is -0.377. The van der Waals surface area contributed by atoms with Crippen molar-refractivity contribution < 1.29 is 13.9 Å². The number of benzene rings is 1. The monoisotopic (exact) mass is 607 g/mol. The topological polar surface area (TPSA) is 130 Å². The van der Waals surface area contributed by atoms with Gasteiger partial charge in [0.25, 0.3) is 17.8 Å². The van der Waals surface area contributed by atoms with Gasteiger partial charge in [-0.05, 0) is 50.8 Å². The van der Waals surface area contributed by atoms with Crippen LogP contribution in [-0.4, -0.2) is 105 Å². The summed E-state index contributed by atoms with van der Waals surface area (Å²) in [6.07, 6.45) is 1.47. The molecule has 5 N–H and O–H groups in total. The molecule has 0 aliphatic carbocycles. The van der Waals surface area contributed by atoms with Gasteiger partial charge in [0.2, 0.25) is 5.88 Å². The number of rotatable bonds is 6. The lowest BCUT2D eigenvalue weighted by Crippen LogP contribution is -2.44. The van der Waals surface area contributed by atoms with Gasteiger partial charge in [0, 0.05) is 75.5 Å². The number of aromatic nitrogens is 2. The minimum Gasteiger partial charge on any atom is -0.440 e. The predicted octanol–water partition coefficient (Wildman–Crippen LogP) is 2.84. The van der Waals surface area contributed by atoms with E-state index >= 15 is 0 Å². The maximum Gasteiger partial charge on any atom is 0.263 e. The van der Waals surface area contributed by atoms with Crippen LogP contribution in [0.2, 0.25) is 0 Å². The first-order valence-corrected chi connectivity index (χ1v) is 15.1. The first-order chi connectivity index (χ1) is 21.3. The number of hydrogen-bond acceptors (Lipinski definition) is 10. The molecule has 3 aromatic rings. The zero-order valence-electron chi connectivity index (χ0n) is 25.6. The number of fused-ring (bicyclic) bond motifs is 1. The van der Waals surface area contributed by atoms with Crippen LogP contribution in [0.1, 0.15) is 22.8 Å². The molecule has 0 radical (unpaired) electrons. The first kappa shape index (κ1) is 31.2. The number of halogens is 1. The van der Waals surface area contributed by atoms with Gasteiger partial charge < -0.3 is 45.7 Å². The Balaban J connectivity index is 0.000000418. The highest BCUT2D eigenvalue weighted by Gasteiger charge is 2.24. The molecule has 12 nitrogen and oxygen atoms in total. The molecule has 2 aromatic heterocycles. The number of likely N-dealkylation sites (N-methyl/N-ethyl adjacent to an activating group) is 2. The summed E-state index contributed by atoms with van der Waals surface area (Å²) in [4.78, 5) is 39.6. The van der Waals surface area contributed by atoms with E-state index in [1.54, 1.807) is 6.07 Å². The highest BCUT2D eigenvalue weighted by Crippen LogP contribution is 2.35. The molecule has 0 saturated carbocycles. The minimum absolute atomic E-state index is 0.00519. The zero-order valence-corrected chi connectivity index (χ0v) is 25.6. The third kappa shape index (κ3) is 7.65. The molecular weight excluding hydrogens is 565 g/mol. The number of carbonyl (C=O) groups is 1. The van der Waals surface area contributed by atoms with Crippen molar-refractivity contribution in [1.82, 2.24) is 25.1 Å². The van der Waals surface area contributed by atoms with Crippen molar-refractivity contribution in [2.24, 2.45) is 0 Å². The summed E-state index contributed by atoms with van der Waals surface area (Å²) in [5, 5.41) is 12.2. The molecule has 1 atom stereocenters. The van der Waals surface area contributed by atoms with Gasteiger partial charge in [-0.2, -0.15) is 4.39 Å². The average molecular weight is 608 g/mol.